The fourth-order valence-electron chi connectivity index (χ4n) is 14.6. The number of unbranched alkanes of at least 4 members (excludes halogenated alkanes) is 4. The Labute approximate surface area is 758 Å². The van der Waals surface area contributed by atoms with Gasteiger partial charge in [0, 0.05) is 97.7 Å². The van der Waals surface area contributed by atoms with Crippen LogP contribution in [0.5, 0.6) is 0 Å². The Bertz CT molecular complexity index is 3380. The van der Waals surface area contributed by atoms with E-state index in [1.165, 1.54) is 75.1 Å². The van der Waals surface area contributed by atoms with E-state index in [1.54, 1.807) is 65.9 Å². The number of alkyl carbamates (subject to hydrolysis) is 1. The number of aliphatic hydroxyl groups excluding tert-OH is 3. The fourth-order valence-corrected chi connectivity index (χ4v) is 19.5. The standard InChI is InChI=1S/C84H139N5O26S5.H5P3/c1-18-21-40-109-74(102)82(12,59-84(34-19-2,69(96)97)119-76(116)117-20-3)57-80(10,70(98)110-44-38-89(15)16)55-78(8,71(99)111-49-45-104-17)54-79(9,72(100)112-50-48-107-43-37-87-75(103)115-77(5,6)7)56-81(11,73(101)113-51-52-118-120-64-31-25-26-36-86-64)58-83(13,85-14)35-32-61(92)30-28-39-105-46-47-106-42-33-62(93)29-24-22-23-27-41-108-68-65(88-60(4)91)67(95)66(94)63(53-90)114-68;1-3-2/h25-26,31,36,63,65-68,90,94-95H,18-24,27-30,32-35,37-59H2,1-13,15-17H3,(H,87,103)(H,88,91)(H,96,97);3H,1-2H2/t63-,65-,66+,67-,68-,78?,79?,80?,81?,82?,83?,84?;/m1./s1. The Balaban J connectivity index is 0.0000248. The first-order valence-electron chi connectivity index (χ1n) is 42.0. The van der Waals surface area contributed by atoms with E-state index in [9.17, 15) is 44.4 Å². The summed E-state index contributed by atoms with van der Waals surface area (Å²) >= 11 is 8.00. The maximum atomic E-state index is 15.8. The maximum Gasteiger partial charge on any atom is 0.407 e. The van der Waals surface area contributed by atoms with E-state index < -0.39 is 167 Å². The lowest BCUT2D eigenvalue weighted by Gasteiger charge is -2.46. The fraction of sp³-hybridized carbons (Fsp3) is 0.798. The largest absolute Gasteiger partial charge is 0.480 e. The summed E-state index contributed by atoms with van der Waals surface area (Å²) in [6.45, 7) is 29.3. The summed E-state index contributed by atoms with van der Waals surface area (Å²) in [4.78, 5) is 153. The number of ketones is 2. The lowest BCUT2D eigenvalue weighted by Crippen LogP contribution is -2.64. The number of hydrogen-bond acceptors (Lipinski definition) is 32. The predicted octanol–water partition coefficient (Wildman–Crippen LogP) is 12.8. The number of thiocarbonyl (C=S) groups is 1. The molecular weight excluding hydrogens is 1750 g/mol. The van der Waals surface area contributed by atoms with Crippen LogP contribution in [0.25, 0.3) is 4.85 Å². The molecule has 0 radical (unpaired) electrons. The molecule has 2 rings (SSSR count). The van der Waals surface area contributed by atoms with Crippen LogP contribution in [0, 0.1) is 33.6 Å². The normalized spacial score (nSPS) is 18.7. The Hall–Kier alpha value is -4.08. The van der Waals surface area contributed by atoms with Crippen molar-refractivity contribution < 1.29 is 125 Å². The number of Topliss-reactive ketones (excluding diaryl/α,β-unsaturated/α-hetero) is 2. The number of nitrogens with one attached hydrogen (secondary N) is 2. The van der Waals surface area contributed by atoms with Crippen LogP contribution < -0.4 is 10.6 Å². The van der Waals surface area contributed by atoms with Crippen molar-refractivity contribution in [2.45, 2.75) is 270 Å². The van der Waals surface area contributed by atoms with Crippen LogP contribution >= 0.6 is 83.1 Å². The van der Waals surface area contributed by atoms with Crippen LogP contribution in [0.2, 0.25) is 0 Å². The summed E-state index contributed by atoms with van der Waals surface area (Å²) in [5.41, 5.74) is -12.0. The number of rotatable bonds is 65. The van der Waals surface area contributed by atoms with Gasteiger partial charge in [-0.25, -0.2) is 16.4 Å². The smallest absolute Gasteiger partial charge is 0.407 e. The zero-order valence-corrected chi connectivity index (χ0v) is 82.8. The number of carbonyl (C=O) groups is 10. The molecule has 1 aromatic rings. The SMILES string of the molecule is PPP.[C-]#[N+]C(C)(CCC(=O)CCCOCCOCCC(=O)CCCCCCO[C@@H]1O[C@H](CO)[C@H](O)[C@H](O)[C@H]1NC(C)=O)CC(C)(CC(C)(CC(C)(CC(C)(CC(C)(CC(CCC)(SC(=S)SCC)C(=O)O)C(=O)OCCCC)C(=O)OCCN(C)C)C(=O)OCCOC)C(=O)OCCOCCNC(=O)OC(C)(C)C)C(=O)OCCSSc1ccccn1. The number of amides is 2. The van der Waals surface area contributed by atoms with E-state index in [2.05, 4.69) is 38.3 Å². The molecule has 2 amide bonds. The summed E-state index contributed by atoms with van der Waals surface area (Å²) in [6, 6.07) is 4.40. The molecule has 9 unspecified atom stereocenters. The number of methoxy groups -OCH3 is 1. The van der Waals surface area contributed by atoms with Crippen LogP contribution in [0.4, 0.5) is 4.79 Å². The third-order valence-corrected chi connectivity index (χ3v) is 25.0. The van der Waals surface area contributed by atoms with E-state index in [0.29, 0.717) is 59.3 Å². The van der Waals surface area contributed by atoms with E-state index in [1.807, 2.05) is 32.9 Å². The van der Waals surface area contributed by atoms with E-state index in [0.717, 1.165) is 32.6 Å². The molecule has 1 fully saturated rings. The molecule has 706 valence electrons. The number of nitrogens with zero attached hydrogens (tertiary/aromatic N) is 3. The first-order valence-corrected chi connectivity index (χ1v) is 51.2. The minimum absolute atomic E-state index is 0.0214. The highest BCUT2D eigenvalue weighted by Gasteiger charge is 2.60. The molecular formula is C84H144N5O26P3S5. The van der Waals surface area contributed by atoms with Gasteiger partial charge in [0.15, 0.2) is 6.29 Å². The van der Waals surface area contributed by atoms with Crippen molar-refractivity contribution in [1.29, 1.82) is 0 Å². The summed E-state index contributed by atoms with van der Waals surface area (Å²) in [7, 11) is 13.7. The maximum absolute atomic E-state index is 15.8. The van der Waals surface area contributed by atoms with Crippen LogP contribution in [0.3, 0.4) is 0 Å². The van der Waals surface area contributed by atoms with Crippen LogP contribution in [-0.4, -0.2) is 278 Å². The number of carboxylic acid groups (broad SMARTS) is 1. The Morgan fingerprint density at radius 1 is 0.626 bits per heavy atom. The minimum atomic E-state index is -2.03. The highest BCUT2D eigenvalue weighted by molar-refractivity contribution is 8.76. The van der Waals surface area contributed by atoms with Crippen molar-refractivity contribution in [2.75, 3.05) is 138 Å². The molecule has 39 heteroatoms. The number of pyridine rings is 1. The molecule has 0 spiro atoms. The van der Waals surface area contributed by atoms with Gasteiger partial charge in [0.1, 0.15) is 81.3 Å². The van der Waals surface area contributed by atoms with Crippen LogP contribution in [0.15, 0.2) is 29.4 Å². The zero-order valence-electron chi connectivity index (χ0n) is 75.4. The molecule has 2 heterocycles. The molecule has 0 aliphatic carbocycles. The molecule has 6 N–H and O–H groups in total. The third-order valence-electron chi connectivity index (χ3n) is 19.9. The molecule has 123 heavy (non-hydrogen) atoms. The lowest BCUT2D eigenvalue weighted by molar-refractivity contribution is -0.270. The van der Waals surface area contributed by atoms with Crippen molar-refractivity contribution in [3.63, 3.8) is 0 Å². The van der Waals surface area contributed by atoms with Gasteiger partial charge in [0.05, 0.1) is 79.9 Å². The number of thioether (sulfide) groups is 2. The van der Waals surface area contributed by atoms with E-state index in [-0.39, 0.29) is 148 Å². The van der Waals surface area contributed by atoms with Gasteiger partial charge < -0.3 is 97.6 Å². The van der Waals surface area contributed by atoms with Crippen LogP contribution in [0.1, 0.15) is 218 Å². The molecule has 1 aliphatic heterocycles. The summed E-state index contributed by atoms with van der Waals surface area (Å²) in [5.74, 6) is -5.50. The highest BCUT2D eigenvalue weighted by Crippen LogP contribution is 2.56. The number of esters is 5. The summed E-state index contributed by atoms with van der Waals surface area (Å²) in [6.07, 6.45) is -1.86. The molecule has 0 saturated carbocycles. The topological polar surface area (TPSA) is 407 Å². The van der Waals surface area contributed by atoms with Crippen molar-refractivity contribution in [3.05, 3.63) is 35.8 Å². The second-order valence-corrected chi connectivity index (χ2v) is 44.2. The number of aromatic nitrogens is 1. The van der Waals surface area contributed by atoms with Gasteiger partial charge in [0.2, 0.25) is 11.4 Å². The number of carboxylic acids is 1. The van der Waals surface area contributed by atoms with E-state index >= 15 is 24.0 Å². The van der Waals surface area contributed by atoms with Crippen molar-refractivity contribution >= 4 is 146 Å². The molecule has 1 aliphatic rings. The molecule has 0 bridgehead atoms. The quantitative estimate of drug-likeness (QED) is 0.00671. The Kier molecular flexibility index (Phi) is 59.2. The van der Waals surface area contributed by atoms with Gasteiger partial charge in [-0.15, -0.1) is 29.6 Å². The first-order chi connectivity index (χ1) is 57.9. The number of hydrogen-bond donors (Lipinski definition) is 6. The van der Waals surface area contributed by atoms with Gasteiger partial charge in [-0.05, 0) is 162 Å². The number of aliphatic hydroxyl groups is 3. The molecule has 0 aromatic carbocycles. The lowest BCUT2D eigenvalue weighted by atomic mass is 9.58. The van der Waals surface area contributed by atoms with Gasteiger partial charge in [-0.1, -0.05) is 95.3 Å². The van der Waals surface area contributed by atoms with Crippen molar-refractivity contribution in [2.24, 2.45) is 27.1 Å². The second-order valence-electron chi connectivity index (χ2n) is 33.5. The van der Waals surface area contributed by atoms with Crippen molar-refractivity contribution in [1.82, 2.24) is 20.5 Å². The van der Waals surface area contributed by atoms with Gasteiger partial charge in [-0.3, -0.25) is 43.2 Å². The van der Waals surface area contributed by atoms with Gasteiger partial charge in [-0.2, -0.15) is 0 Å². The molecule has 1 aromatic heterocycles. The first kappa shape index (κ1) is 117. The number of aliphatic carboxylic acids is 1. The predicted molar refractivity (Wildman–Crippen MR) is 491 cm³/mol. The number of ether oxygens (including phenoxy) is 12. The minimum Gasteiger partial charge on any atom is -0.480 e. The van der Waals surface area contributed by atoms with Gasteiger partial charge >= 0.3 is 41.9 Å². The number of likely N-dealkylation sites (N-methyl/N-ethyl adjacent to an activating group) is 1. The van der Waals surface area contributed by atoms with E-state index in [4.69, 9.17) is 75.6 Å². The molecule has 31 nitrogen and oxygen atoms in total. The van der Waals surface area contributed by atoms with Crippen molar-refractivity contribution in [3.8, 4) is 0 Å². The zero-order chi connectivity index (χ0) is 92.9. The average Bonchev–Trinajstić information content (AvgIpc) is 0.752. The summed E-state index contributed by atoms with van der Waals surface area (Å²) in [5, 5.41) is 47.6. The third kappa shape index (κ3) is 46.8. The summed E-state index contributed by atoms with van der Waals surface area (Å²) < 4.78 is 68.4. The Morgan fingerprint density at radius 3 is 1.68 bits per heavy atom. The number of carbonyl (C=O) groups excluding carboxylic acids is 9. The highest BCUT2D eigenvalue weighted by atomic mass is 33.1. The monoisotopic (exact) mass is 1890 g/mol. The van der Waals surface area contributed by atoms with Crippen LogP contribution in [-0.2, 0) is 100.0 Å². The average molecular weight is 1890 g/mol. The second kappa shape index (κ2) is 62.3. The van der Waals surface area contributed by atoms with Gasteiger partial charge in [0.25, 0.3) is 0 Å². The Morgan fingerprint density at radius 2 is 1.15 bits per heavy atom. The molecule has 1 saturated heterocycles. The molecule has 14 atom stereocenters.